The first-order valence-electron chi connectivity index (χ1n) is 15.0. The standard InChI is InChI=1S/C28H51N5O2/c1-35-26-11-7-21(8-12-26)23-19-29-28(30-20-23)31-24-9-5-22(6-10-24)27(34)33-17-13-25(14-18-33)32-15-3-2-4-16-32/h21-26,28-31H,2-20H2,1H3. The second kappa shape index (κ2) is 12.7. The molecule has 0 radical (unpaired) electrons. The van der Waals surface area contributed by atoms with Crippen molar-refractivity contribution in [2.75, 3.05) is 46.4 Å². The number of hydrogen-bond acceptors (Lipinski definition) is 6. The van der Waals surface area contributed by atoms with E-state index in [1.165, 1.54) is 70.9 Å². The Balaban J connectivity index is 0.972. The minimum atomic E-state index is 0.215. The normalized spacial score (nSPS) is 38.4. The predicted molar refractivity (Wildman–Crippen MR) is 140 cm³/mol. The van der Waals surface area contributed by atoms with Gasteiger partial charge >= 0.3 is 0 Å². The van der Waals surface area contributed by atoms with Crippen LogP contribution in [-0.2, 0) is 9.53 Å². The molecule has 0 bridgehead atoms. The van der Waals surface area contributed by atoms with Gasteiger partial charge in [0, 0.05) is 51.3 Å². The Kier molecular flexibility index (Phi) is 9.38. The van der Waals surface area contributed by atoms with E-state index in [0.717, 1.165) is 69.7 Å². The maximum Gasteiger partial charge on any atom is 0.225 e. The zero-order valence-corrected chi connectivity index (χ0v) is 22.2. The van der Waals surface area contributed by atoms with Gasteiger partial charge in [-0.25, -0.2) is 0 Å². The molecule has 2 saturated carbocycles. The number of nitrogens with zero attached hydrogens (tertiary/aromatic N) is 2. The molecule has 3 saturated heterocycles. The van der Waals surface area contributed by atoms with Crippen molar-refractivity contribution in [1.29, 1.82) is 0 Å². The molecule has 200 valence electrons. The summed E-state index contributed by atoms with van der Waals surface area (Å²) >= 11 is 0. The lowest BCUT2D eigenvalue weighted by atomic mass is 9.78. The summed E-state index contributed by atoms with van der Waals surface area (Å²) in [7, 11) is 1.85. The number of hydrogen-bond donors (Lipinski definition) is 3. The van der Waals surface area contributed by atoms with Gasteiger partial charge < -0.3 is 14.5 Å². The van der Waals surface area contributed by atoms with Gasteiger partial charge in [0.1, 0.15) is 6.29 Å². The largest absolute Gasteiger partial charge is 0.381 e. The number of piperidine rings is 2. The van der Waals surface area contributed by atoms with Gasteiger partial charge in [-0.1, -0.05) is 6.42 Å². The van der Waals surface area contributed by atoms with Crippen LogP contribution in [-0.4, -0.2) is 86.6 Å². The Hall–Kier alpha value is -0.730. The predicted octanol–water partition coefficient (Wildman–Crippen LogP) is 2.91. The van der Waals surface area contributed by atoms with Crippen LogP contribution >= 0.6 is 0 Å². The highest BCUT2D eigenvalue weighted by Gasteiger charge is 2.35. The zero-order valence-electron chi connectivity index (χ0n) is 22.2. The third-order valence-corrected chi connectivity index (χ3v) is 10.0. The van der Waals surface area contributed by atoms with Crippen LogP contribution in [0.15, 0.2) is 0 Å². The average molecular weight is 490 g/mol. The maximum atomic E-state index is 13.2. The molecule has 1 amide bonds. The van der Waals surface area contributed by atoms with E-state index in [2.05, 4.69) is 25.8 Å². The van der Waals surface area contributed by atoms with Gasteiger partial charge in [0.2, 0.25) is 5.91 Å². The topological polar surface area (TPSA) is 68.9 Å². The van der Waals surface area contributed by atoms with E-state index < -0.39 is 0 Å². The van der Waals surface area contributed by atoms with E-state index in [-0.39, 0.29) is 12.2 Å². The summed E-state index contributed by atoms with van der Waals surface area (Å²) < 4.78 is 5.55. The Bertz CT molecular complexity index is 640. The number of likely N-dealkylation sites (tertiary alicyclic amines) is 2. The summed E-state index contributed by atoms with van der Waals surface area (Å²) in [6.07, 6.45) is 16.5. The minimum Gasteiger partial charge on any atom is -0.381 e. The van der Waals surface area contributed by atoms with E-state index in [4.69, 9.17) is 4.74 Å². The molecule has 3 heterocycles. The molecule has 0 atom stereocenters. The fraction of sp³-hybridized carbons (Fsp3) is 0.964. The second-order valence-corrected chi connectivity index (χ2v) is 12.2. The van der Waals surface area contributed by atoms with Gasteiger partial charge in [0.25, 0.3) is 0 Å². The number of amides is 1. The molecule has 3 N–H and O–H groups in total. The van der Waals surface area contributed by atoms with Crippen molar-refractivity contribution >= 4 is 5.91 Å². The molecule has 0 aromatic rings. The number of rotatable bonds is 6. The van der Waals surface area contributed by atoms with Gasteiger partial charge in [-0.3, -0.25) is 20.7 Å². The molecule has 0 spiro atoms. The zero-order chi connectivity index (χ0) is 24.0. The number of carbonyl (C=O) groups excluding carboxylic acids is 1. The molecule has 5 aliphatic rings. The fourth-order valence-corrected chi connectivity index (χ4v) is 7.67. The van der Waals surface area contributed by atoms with Gasteiger partial charge in [-0.05, 0) is 102 Å². The number of carbonyl (C=O) groups is 1. The summed E-state index contributed by atoms with van der Waals surface area (Å²) in [6, 6.07) is 1.23. The summed E-state index contributed by atoms with van der Waals surface area (Å²) in [4.78, 5) is 18.1. The molecule has 5 fully saturated rings. The molecular weight excluding hydrogens is 438 g/mol. The third kappa shape index (κ3) is 6.78. The van der Waals surface area contributed by atoms with Crippen molar-refractivity contribution in [3.63, 3.8) is 0 Å². The van der Waals surface area contributed by atoms with Crippen LogP contribution in [0, 0.1) is 17.8 Å². The quantitative estimate of drug-likeness (QED) is 0.533. The lowest BCUT2D eigenvalue weighted by Gasteiger charge is -2.42. The van der Waals surface area contributed by atoms with Gasteiger partial charge in [0.15, 0.2) is 0 Å². The van der Waals surface area contributed by atoms with E-state index in [1.54, 1.807) is 0 Å². The minimum absolute atomic E-state index is 0.215. The van der Waals surface area contributed by atoms with Crippen LogP contribution in [0.1, 0.15) is 83.5 Å². The maximum absolute atomic E-state index is 13.2. The van der Waals surface area contributed by atoms with Crippen LogP contribution in [0.4, 0.5) is 0 Å². The van der Waals surface area contributed by atoms with Crippen LogP contribution in [0.25, 0.3) is 0 Å². The molecule has 2 aliphatic carbocycles. The number of methoxy groups -OCH3 is 1. The molecule has 7 nitrogen and oxygen atoms in total. The lowest BCUT2D eigenvalue weighted by molar-refractivity contribution is -0.138. The van der Waals surface area contributed by atoms with Crippen LogP contribution in [0.3, 0.4) is 0 Å². The van der Waals surface area contributed by atoms with E-state index in [1.807, 2.05) is 7.11 Å². The van der Waals surface area contributed by atoms with Crippen LogP contribution in [0.5, 0.6) is 0 Å². The van der Waals surface area contributed by atoms with Gasteiger partial charge in [-0.2, -0.15) is 0 Å². The average Bonchev–Trinajstić information content (AvgIpc) is 2.94. The molecule has 0 unspecified atom stereocenters. The molecule has 0 aromatic heterocycles. The van der Waals surface area contributed by atoms with Crippen molar-refractivity contribution < 1.29 is 9.53 Å². The van der Waals surface area contributed by atoms with Crippen molar-refractivity contribution in [3.05, 3.63) is 0 Å². The van der Waals surface area contributed by atoms with E-state index in [9.17, 15) is 4.79 Å². The molecule has 7 heteroatoms. The van der Waals surface area contributed by atoms with E-state index >= 15 is 0 Å². The highest BCUT2D eigenvalue weighted by atomic mass is 16.5. The van der Waals surface area contributed by atoms with E-state index in [0.29, 0.717) is 18.1 Å². The Morgan fingerprint density at radius 1 is 0.771 bits per heavy atom. The summed E-state index contributed by atoms with van der Waals surface area (Å²) in [6.45, 7) is 6.71. The molecule has 5 rings (SSSR count). The Labute approximate surface area is 213 Å². The van der Waals surface area contributed by atoms with Gasteiger partial charge in [0.05, 0.1) is 6.10 Å². The molecule has 3 aliphatic heterocycles. The Morgan fingerprint density at radius 3 is 2.06 bits per heavy atom. The Morgan fingerprint density at radius 2 is 1.43 bits per heavy atom. The van der Waals surface area contributed by atoms with Gasteiger partial charge in [-0.15, -0.1) is 0 Å². The first-order chi connectivity index (χ1) is 17.2. The molecule has 35 heavy (non-hydrogen) atoms. The lowest BCUT2D eigenvalue weighted by Crippen LogP contribution is -2.63. The second-order valence-electron chi connectivity index (χ2n) is 12.2. The highest BCUT2D eigenvalue weighted by Crippen LogP contribution is 2.32. The van der Waals surface area contributed by atoms with Crippen molar-refractivity contribution in [2.45, 2.75) is 108 Å². The van der Waals surface area contributed by atoms with Crippen molar-refractivity contribution in [2.24, 2.45) is 17.8 Å². The highest BCUT2D eigenvalue weighted by molar-refractivity contribution is 5.79. The third-order valence-electron chi connectivity index (χ3n) is 10.0. The fourth-order valence-electron chi connectivity index (χ4n) is 7.67. The van der Waals surface area contributed by atoms with Crippen molar-refractivity contribution in [3.8, 4) is 0 Å². The SMILES string of the molecule is COC1CCC(C2CNC(NC3CCC(C(=O)N4CCC(N5CCCCC5)CC4)CC3)NC2)CC1. The van der Waals surface area contributed by atoms with Crippen LogP contribution < -0.4 is 16.0 Å². The molecular formula is C28H51N5O2. The van der Waals surface area contributed by atoms with Crippen LogP contribution in [0.2, 0.25) is 0 Å². The monoisotopic (exact) mass is 489 g/mol. The first kappa shape index (κ1) is 25.9. The summed E-state index contributed by atoms with van der Waals surface area (Å²) in [5, 5.41) is 11.3. The number of ether oxygens (including phenoxy) is 1. The number of nitrogens with one attached hydrogen (secondary N) is 3. The molecule has 0 aromatic carbocycles. The first-order valence-corrected chi connectivity index (χ1v) is 15.0. The van der Waals surface area contributed by atoms with Crippen molar-refractivity contribution in [1.82, 2.24) is 25.8 Å². The summed E-state index contributed by atoms with van der Waals surface area (Å²) in [5.74, 6) is 2.26. The summed E-state index contributed by atoms with van der Waals surface area (Å²) in [5.41, 5.74) is 0. The smallest absolute Gasteiger partial charge is 0.225 e.